The number of hydrogen-bond donors (Lipinski definition) is 1. The first-order chi connectivity index (χ1) is 8.20. The molecule has 0 bridgehead atoms. The summed E-state index contributed by atoms with van der Waals surface area (Å²) in [6.45, 7) is 0. The van der Waals surface area contributed by atoms with Crippen LogP contribution in [0, 0.1) is 0 Å². The second-order valence-electron chi connectivity index (χ2n) is 3.19. The van der Waals surface area contributed by atoms with E-state index < -0.39 is 0 Å². The van der Waals surface area contributed by atoms with Gasteiger partial charge in [-0.25, -0.2) is 4.98 Å². The summed E-state index contributed by atoms with van der Waals surface area (Å²) in [6, 6.07) is 9.76. The number of thiazole rings is 1. The van der Waals surface area contributed by atoms with Crippen molar-refractivity contribution in [2.45, 2.75) is 0 Å². The fourth-order valence-corrected chi connectivity index (χ4v) is 2.86. The highest BCUT2D eigenvalue weighted by atomic mass is 79.9. The number of carbonyl (C=O) groups excluding carboxylic acids is 1. The maximum atomic E-state index is 11.1. The summed E-state index contributed by atoms with van der Waals surface area (Å²) in [6.07, 6.45) is 0. The highest BCUT2D eigenvalue weighted by Gasteiger charge is 2.12. The first kappa shape index (κ1) is 12.5. The lowest BCUT2D eigenvalue weighted by molar-refractivity contribution is -0.113. The van der Waals surface area contributed by atoms with Crippen LogP contribution in [-0.4, -0.2) is 16.8 Å². The number of hydrogen-bond acceptors (Lipinski definition) is 3. The van der Waals surface area contributed by atoms with Gasteiger partial charge >= 0.3 is 0 Å². The average molecular weight is 332 g/mol. The molecule has 1 aromatic carbocycles. The van der Waals surface area contributed by atoms with E-state index in [1.807, 2.05) is 30.3 Å². The summed E-state index contributed by atoms with van der Waals surface area (Å²) < 4.78 is 0.883. The zero-order valence-corrected chi connectivity index (χ0v) is 11.8. The van der Waals surface area contributed by atoms with Crippen molar-refractivity contribution in [3.05, 3.63) is 34.1 Å². The molecule has 0 saturated heterocycles. The molecule has 1 amide bonds. The Balaban J connectivity index is 2.28. The van der Waals surface area contributed by atoms with Gasteiger partial charge in [-0.1, -0.05) is 41.7 Å². The first-order valence-electron chi connectivity index (χ1n) is 4.78. The van der Waals surface area contributed by atoms with Crippen LogP contribution < -0.4 is 5.32 Å². The van der Waals surface area contributed by atoms with E-state index >= 15 is 0 Å². The number of nitrogens with one attached hydrogen (secondary N) is 1. The van der Waals surface area contributed by atoms with Gasteiger partial charge in [0.1, 0.15) is 5.88 Å². The molecule has 0 fully saturated rings. The van der Waals surface area contributed by atoms with Gasteiger partial charge in [0.15, 0.2) is 5.13 Å². The second-order valence-corrected chi connectivity index (χ2v) is 5.77. The van der Waals surface area contributed by atoms with E-state index in [1.54, 1.807) is 0 Å². The van der Waals surface area contributed by atoms with Gasteiger partial charge in [0.25, 0.3) is 0 Å². The maximum Gasteiger partial charge on any atom is 0.241 e. The molecule has 6 heteroatoms. The van der Waals surface area contributed by atoms with Gasteiger partial charge in [0.05, 0.1) is 9.48 Å². The van der Waals surface area contributed by atoms with Crippen molar-refractivity contribution in [2.24, 2.45) is 0 Å². The fraction of sp³-hybridized carbons (Fsp3) is 0.0909. The average Bonchev–Trinajstić information content (AvgIpc) is 2.71. The van der Waals surface area contributed by atoms with Gasteiger partial charge in [0.2, 0.25) is 5.91 Å². The minimum absolute atomic E-state index is 0.0716. The van der Waals surface area contributed by atoms with Crippen LogP contribution in [0.2, 0.25) is 0 Å². The predicted molar refractivity (Wildman–Crippen MR) is 74.6 cm³/mol. The van der Waals surface area contributed by atoms with E-state index in [9.17, 15) is 4.79 Å². The van der Waals surface area contributed by atoms with Gasteiger partial charge < -0.3 is 5.32 Å². The zero-order valence-electron chi connectivity index (χ0n) is 8.61. The number of nitrogens with zero attached hydrogens (tertiary/aromatic N) is 1. The van der Waals surface area contributed by atoms with Crippen LogP contribution in [0.4, 0.5) is 5.13 Å². The number of rotatable bonds is 3. The molecule has 0 radical (unpaired) electrons. The summed E-state index contributed by atoms with van der Waals surface area (Å²) in [7, 11) is 0. The minimum Gasteiger partial charge on any atom is -0.301 e. The molecule has 3 nitrogen and oxygen atoms in total. The molecule has 0 spiro atoms. The van der Waals surface area contributed by atoms with E-state index in [1.165, 1.54) is 11.3 Å². The summed E-state index contributed by atoms with van der Waals surface area (Å²) in [5.41, 5.74) is 1.82. The molecule has 0 saturated carbocycles. The summed E-state index contributed by atoms with van der Waals surface area (Å²) in [5, 5.41) is 3.17. The molecule has 0 unspecified atom stereocenters. The Morgan fingerprint density at radius 2 is 2.12 bits per heavy atom. The van der Waals surface area contributed by atoms with Crippen LogP contribution in [0.25, 0.3) is 11.3 Å². The molecule has 0 aliphatic rings. The van der Waals surface area contributed by atoms with Crippen molar-refractivity contribution in [2.75, 3.05) is 11.2 Å². The molecular weight excluding hydrogens is 324 g/mol. The molecular formula is C11H8BrClN2OS. The number of anilines is 1. The monoisotopic (exact) mass is 330 g/mol. The summed E-state index contributed by atoms with van der Waals surface area (Å²) in [5.74, 6) is -0.328. The molecule has 0 aliphatic heterocycles. The van der Waals surface area contributed by atoms with E-state index in [4.69, 9.17) is 11.6 Å². The molecule has 1 heterocycles. The topological polar surface area (TPSA) is 42.0 Å². The fourth-order valence-electron chi connectivity index (χ4n) is 1.28. The summed E-state index contributed by atoms with van der Waals surface area (Å²) >= 11 is 10.2. The maximum absolute atomic E-state index is 11.1. The van der Waals surface area contributed by atoms with Crippen molar-refractivity contribution in [3.8, 4) is 11.3 Å². The molecule has 2 aromatic rings. The largest absolute Gasteiger partial charge is 0.301 e. The molecule has 0 atom stereocenters. The number of benzene rings is 1. The minimum atomic E-state index is -0.257. The lowest BCUT2D eigenvalue weighted by Gasteiger charge is -1.97. The molecule has 2 rings (SSSR count). The Hall–Kier alpha value is -0.910. The van der Waals surface area contributed by atoms with Crippen molar-refractivity contribution in [1.82, 2.24) is 4.98 Å². The number of aromatic nitrogens is 1. The van der Waals surface area contributed by atoms with Crippen LogP contribution in [0.15, 0.2) is 34.1 Å². The van der Waals surface area contributed by atoms with Crippen LogP contribution in [0.5, 0.6) is 0 Å². The first-order valence-corrected chi connectivity index (χ1v) is 6.92. The second kappa shape index (κ2) is 5.62. The third-order valence-electron chi connectivity index (χ3n) is 2.00. The van der Waals surface area contributed by atoms with E-state index in [0.717, 1.165) is 15.0 Å². The van der Waals surface area contributed by atoms with Crippen LogP contribution in [-0.2, 0) is 4.79 Å². The highest BCUT2D eigenvalue weighted by molar-refractivity contribution is 9.11. The molecule has 88 valence electrons. The lowest BCUT2D eigenvalue weighted by Crippen LogP contribution is -2.12. The van der Waals surface area contributed by atoms with Crippen molar-refractivity contribution in [3.63, 3.8) is 0 Å². The Kier molecular flexibility index (Phi) is 4.15. The van der Waals surface area contributed by atoms with Gasteiger partial charge in [0, 0.05) is 5.56 Å². The molecule has 1 aromatic heterocycles. The smallest absolute Gasteiger partial charge is 0.241 e. The van der Waals surface area contributed by atoms with Gasteiger partial charge in [-0.15, -0.1) is 11.6 Å². The van der Waals surface area contributed by atoms with E-state index in [2.05, 4.69) is 26.2 Å². The normalized spacial score (nSPS) is 10.2. The van der Waals surface area contributed by atoms with Crippen LogP contribution in [0.1, 0.15) is 0 Å². The van der Waals surface area contributed by atoms with Crippen LogP contribution in [0.3, 0.4) is 0 Å². The number of carbonyl (C=O) groups is 1. The van der Waals surface area contributed by atoms with E-state index in [-0.39, 0.29) is 11.8 Å². The van der Waals surface area contributed by atoms with Crippen molar-refractivity contribution >= 4 is 49.9 Å². The standard InChI is InChI=1S/C11H8BrClN2OS/c12-10-9(7-4-2-1-3-5-7)15-11(17-10)14-8(16)6-13/h1-5H,6H2,(H,14,15,16). The zero-order chi connectivity index (χ0) is 12.3. The number of alkyl halides is 1. The molecule has 0 aliphatic carbocycles. The Bertz CT molecular complexity index is 530. The van der Waals surface area contributed by atoms with Gasteiger partial charge in [-0.3, -0.25) is 4.79 Å². The number of halogens is 2. The summed E-state index contributed by atoms with van der Waals surface area (Å²) in [4.78, 5) is 15.5. The quantitative estimate of drug-likeness (QED) is 0.870. The Morgan fingerprint density at radius 1 is 1.41 bits per heavy atom. The van der Waals surface area contributed by atoms with Crippen molar-refractivity contribution < 1.29 is 4.79 Å². The lowest BCUT2D eigenvalue weighted by atomic mass is 10.2. The number of amides is 1. The van der Waals surface area contributed by atoms with Gasteiger partial charge in [-0.2, -0.15) is 0 Å². The van der Waals surface area contributed by atoms with E-state index in [0.29, 0.717) is 5.13 Å². The van der Waals surface area contributed by atoms with Crippen molar-refractivity contribution in [1.29, 1.82) is 0 Å². The molecule has 17 heavy (non-hydrogen) atoms. The van der Waals surface area contributed by atoms with Gasteiger partial charge in [-0.05, 0) is 15.9 Å². The van der Waals surface area contributed by atoms with Crippen LogP contribution >= 0.6 is 38.9 Å². The molecule has 1 N–H and O–H groups in total. The third kappa shape index (κ3) is 3.06. The SMILES string of the molecule is O=C(CCl)Nc1nc(-c2ccccc2)c(Br)s1. The predicted octanol–water partition coefficient (Wildman–Crippen LogP) is 3.75. The Labute approximate surface area is 116 Å². The Morgan fingerprint density at radius 3 is 2.76 bits per heavy atom. The highest BCUT2D eigenvalue weighted by Crippen LogP contribution is 2.35. The third-order valence-corrected chi connectivity index (χ3v) is 3.86.